The van der Waals surface area contributed by atoms with Gasteiger partial charge in [0.25, 0.3) is 0 Å². The van der Waals surface area contributed by atoms with E-state index in [1.54, 1.807) is 0 Å². The third kappa shape index (κ3) is 2.54. The number of hydrogen-bond donors (Lipinski definition) is 3. The van der Waals surface area contributed by atoms with Gasteiger partial charge in [0.1, 0.15) is 0 Å². The van der Waals surface area contributed by atoms with E-state index in [-0.39, 0.29) is 0 Å². The largest absolute Gasteiger partial charge is 0.389 e. The van der Waals surface area contributed by atoms with Gasteiger partial charge in [-0.25, -0.2) is 0 Å². The van der Waals surface area contributed by atoms with Crippen molar-refractivity contribution in [2.45, 2.75) is 19.3 Å². The van der Waals surface area contributed by atoms with Gasteiger partial charge in [0, 0.05) is 0 Å². The topological polar surface area (TPSA) is 69.6 Å². The number of rotatable bonds is 3. The summed E-state index contributed by atoms with van der Waals surface area (Å²) >= 11 is 0. The maximum Gasteiger partial charge on any atom is 0.209 e. The van der Waals surface area contributed by atoms with Gasteiger partial charge in [-0.05, 0) is 6.92 Å². The van der Waals surface area contributed by atoms with E-state index in [1.807, 2.05) is 5.32 Å². The number of aliphatic hydroxyl groups is 2. The van der Waals surface area contributed by atoms with Crippen molar-refractivity contribution in [1.29, 1.82) is 0 Å². The van der Waals surface area contributed by atoms with Crippen LogP contribution in [0.15, 0.2) is 0 Å². The van der Waals surface area contributed by atoms with E-state index in [0.717, 1.165) is 0 Å². The van der Waals surface area contributed by atoms with Gasteiger partial charge >= 0.3 is 0 Å². The lowest BCUT2D eigenvalue weighted by Crippen LogP contribution is -2.36. The lowest BCUT2D eigenvalue weighted by atomic mass is 10.4. The van der Waals surface area contributed by atoms with Crippen molar-refractivity contribution in [2.24, 2.45) is 0 Å². The van der Waals surface area contributed by atoms with Gasteiger partial charge in [-0.3, -0.25) is 4.79 Å². The second-order valence-corrected chi connectivity index (χ2v) is 1.47. The molecule has 4 nitrogen and oxygen atoms in total. The Morgan fingerprint density at radius 2 is 2.12 bits per heavy atom. The van der Waals surface area contributed by atoms with Gasteiger partial charge < -0.3 is 15.5 Å². The third-order valence-electron chi connectivity index (χ3n) is 0.696. The van der Waals surface area contributed by atoms with E-state index in [4.69, 9.17) is 10.2 Å². The fraction of sp³-hybridized carbons (Fsp3) is 0.750. The highest BCUT2D eigenvalue weighted by Crippen LogP contribution is 1.82. The number of aliphatic hydroxyl groups excluding tert-OH is 2. The van der Waals surface area contributed by atoms with Crippen molar-refractivity contribution in [3.05, 3.63) is 0 Å². The highest BCUT2D eigenvalue weighted by Gasteiger charge is 2.06. The molecular weight excluding hydrogens is 110 g/mol. The maximum absolute atomic E-state index is 9.54. The molecule has 0 aromatic carbocycles. The highest BCUT2D eigenvalue weighted by molar-refractivity contribution is 5.46. The van der Waals surface area contributed by atoms with E-state index in [2.05, 4.69) is 0 Å². The van der Waals surface area contributed by atoms with Crippen molar-refractivity contribution in [2.75, 3.05) is 0 Å². The molecule has 1 amide bonds. The van der Waals surface area contributed by atoms with Gasteiger partial charge in [0.05, 0.1) is 6.10 Å². The van der Waals surface area contributed by atoms with Crippen molar-refractivity contribution in [3.8, 4) is 0 Å². The van der Waals surface area contributed by atoms with Gasteiger partial charge in [-0.1, -0.05) is 0 Å². The van der Waals surface area contributed by atoms with Crippen LogP contribution in [0.4, 0.5) is 0 Å². The van der Waals surface area contributed by atoms with Gasteiger partial charge in [-0.2, -0.15) is 0 Å². The van der Waals surface area contributed by atoms with Crippen LogP contribution in [-0.4, -0.2) is 29.0 Å². The van der Waals surface area contributed by atoms with Crippen LogP contribution in [0.3, 0.4) is 0 Å². The number of carbonyl (C=O) groups excluding carboxylic acids is 1. The minimum absolute atomic E-state index is 0.331. The molecule has 8 heavy (non-hydrogen) atoms. The van der Waals surface area contributed by atoms with E-state index in [0.29, 0.717) is 6.41 Å². The minimum atomic E-state index is -1.15. The normalized spacial score (nSPS) is 16.9. The standard InChI is InChI=1S/C4H9NO3/c1-3(7)4(8)5-2-6/h2-4,7-8H,1H3,(H,5,6). The molecule has 0 bridgehead atoms. The summed E-state index contributed by atoms with van der Waals surface area (Å²) in [6.45, 7) is 1.38. The Bertz CT molecular complexity index is 73.7. The second kappa shape index (κ2) is 3.40. The molecule has 0 aromatic rings. The van der Waals surface area contributed by atoms with Crippen LogP contribution in [0.5, 0.6) is 0 Å². The number of nitrogens with one attached hydrogen (secondary N) is 1. The lowest BCUT2D eigenvalue weighted by molar-refractivity contribution is -0.114. The van der Waals surface area contributed by atoms with E-state index >= 15 is 0 Å². The number of amides is 1. The van der Waals surface area contributed by atoms with Crippen molar-refractivity contribution in [3.63, 3.8) is 0 Å². The fourth-order valence-electron chi connectivity index (χ4n) is 0.209. The van der Waals surface area contributed by atoms with Gasteiger partial charge in [0.2, 0.25) is 6.41 Å². The number of carbonyl (C=O) groups is 1. The highest BCUT2D eigenvalue weighted by atomic mass is 16.3. The average molecular weight is 119 g/mol. The molecule has 4 heteroatoms. The third-order valence-corrected chi connectivity index (χ3v) is 0.696. The van der Waals surface area contributed by atoms with Gasteiger partial charge in [-0.15, -0.1) is 0 Å². The number of hydrogen-bond acceptors (Lipinski definition) is 3. The molecule has 0 fully saturated rings. The summed E-state index contributed by atoms with van der Waals surface area (Å²) in [6.07, 6.45) is -1.73. The first kappa shape index (κ1) is 7.39. The van der Waals surface area contributed by atoms with E-state index < -0.39 is 12.3 Å². The van der Waals surface area contributed by atoms with Crippen LogP contribution in [0.2, 0.25) is 0 Å². The van der Waals surface area contributed by atoms with Crippen LogP contribution in [0.1, 0.15) is 6.92 Å². The average Bonchev–Trinajstić information content (AvgIpc) is 1.67. The molecule has 0 aromatic heterocycles. The lowest BCUT2D eigenvalue weighted by Gasteiger charge is -2.10. The first-order valence-electron chi connectivity index (χ1n) is 2.24. The molecule has 0 spiro atoms. The summed E-state index contributed by atoms with van der Waals surface area (Å²) in [5.74, 6) is 0. The molecule has 2 unspecified atom stereocenters. The maximum atomic E-state index is 9.54. The first-order chi connectivity index (χ1) is 3.68. The summed E-state index contributed by atoms with van der Waals surface area (Å²) in [6, 6.07) is 0. The van der Waals surface area contributed by atoms with Crippen molar-refractivity contribution < 1.29 is 15.0 Å². The molecule has 0 radical (unpaired) electrons. The summed E-state index contributed by atoms with van der Waals surface area (Å²) in [5.41, 5.74) is 0. The van der Waals surface area contributed by atoms with Crippen molar-refractivity contribution in [1.82, 2.24) is 5.32 Å². The molecule has 0 saturated heterocycles. The zero-order valence-corrected chi connectivity index (χ0v) is 4.53. The summed E-state index contributed by atoms with van der Waals surface area (Å²) in [4.78, 5) is 9.54. The molecule has 0 aliphatic rings. The molecular formula is C4H9NO3. The molecule has 0 rings (SSSR count). The first-order valence-corrected chi connectivity index (χ1v) is 2.24. The molecule has 3 N–H and O–H groups in total. The smallest absolute Gasteiger partial charge is 0.209 e. The van der Waals surface area contributed by atoms with Crippen LogP contribution in [0.25, 0.3) is 0 Å². The SMILES string of the molecule is CC(O)C(O)NC=O. The Labute approximate surface area is 47.1 Å². The Morgan fingerprint density at radius 1 is 1.62 bits per heavy atom. The molecule has 0 saturated carbocycles. The predicted molar refractivity (Wildman–Crippen MR) is 26.9 cm³/mol. The molecule has 0 aliphatic carbocycles. The van der Waals surface area contributed by atoms with Crippen LogP contribution >= 0.6 is 0 Å². The fourth-order valence-corrected chi connectivity index (χ4v) is 0.209. The molecule has 48 valence electrons. The Balaban J connectivity index is 3.30. The Morgan fingerprint density at radius 3 is 2.25 bits per heavy atom. The monoisotopic (exact) mass is 119 g/mol. The van der Waals surface area contributed by atoms with Gasteiger partial charge in [0.15, 0.2) is 6.23 Å². The summed E-state index contributed by atoms with van der Waals surface area (Å²) in [5, 5.41) is 19.0. The summed E-state index contributed by atoms with van der Waals surface area (Å²) < 4.78 is 0. The minimum Gasteiger partial charge on any atom is -0.389 e. The summed E-state index contributed by atoms with van der Waals surface area (Å²) in [7, 11) is 0. The molecule has 0 heterocycles. The predicted octanol–water partition coefficient (Wildman–Crippen LogP) is -1.57. The van der Waals surface area contributed by atoms with E-state index in [9.17, 15) is 4.79 Å². The van der Waals surface area contributed by atoms with Crippen molar-refractivity contribution >= 4 is 6.41 Å². The quantitative estimate of drug-likeness (QED) is 0.310. The Kier molecular flexibility index (Phi) is 3.14. The Hall–Kier alpha value is -0.610. The molecule has 0 aliphatic heterocycles. The second-order valence-electron chi connectivity index (χ2n) is 1.47. The zero-order chi connectivity index (χ0) is 6.57. The zero-order valence-electron chi connectivity index (χ0n) is 4.53. The van der Waals surface area contributed by atoms with E-state index in [1.165, 1.54) is 6.92 Å². The van der Waals surface area contributed by atoms with Crippen LogP contribution < -0.4 is 5.32 Å². The van der Waals surface area contributed by atoms with Crippen LogP contribution in [0, 0.1) is 0 Å². The van der Waals surface area contributed by atoms with Crippen LogP contribution in [-0.2, 0) is 4.79 Å². The molecule has 2 atom stereocenters.